The maximum atomic E-state index is 12.1. The van der Waals surface area contributed by atoms with Gasteiger partial charge in [-0.15, -0.1) is 0 Å². The molecule has 1 heterocycles. The lowest BCUT2D eigenvalue weighted by Crippen LogP contribution is -2.52. The molecule has 1 unspecified atom stereocenters. The Labute approximate surface area is 112 Å². The summed E-state index contributed by atoms with van der Waals surface area (Å²) in [7, 11) is 0. The quantitative estimate of drug-likeness (QED) is 0.733. The zero-order chi connectivity index (χ0) is 14.5. The van der Waals surface area contributed by atoms with E-state index in [1.54, 1.807) is 13.8 Å². The van der Waals surface area contributed by atoms with E-state index in [0.29, 0.717) is 25.8 Å². The minimum atomic E-state index is -1.09. The molecule has 108 valence electrons. The van der Waals surface area contributed by atoms with Gasteiger partial charge < -0.3 is 14.7 Å². The lowest BCUT2D eigenvalue weighted by Gasteiger charge is -2.33. The van der Waals surface area contributed by atoms with Gasteiger partial charge in [-0.25, -0.2) is 4.79 Å². The minimum absolute atomic E-state index is 0.00257. The van der Waals surface area contributed by atoms with Crippen molar-refractivity contribution in [1.82, 2.24) is 4.90 Å². The third kappa shape index (κ3) is 3.24. The van der Waals surface area contributed by atoms with Gasteiger partial charge >= 0.3 is 11.9 Å². The van der Waals surface area contributed by atoms with E-state index in [4.69, 9.17) is 4.74 Å². The first-order valence-corrected chi connectivity index (χ1v) is 6.67. The van der Waals surface area contributed by atoms with Crippen molar-refractivity contribution in [2.75, 3.05) is 13.2 Å². The van der Waals surface area contributed by atoms with Crippen LogP contribution >= 0.6 is 0 Å². The van der Waals surface area contributed by atoms with Crippen LogP contribution in [-0.4, -0.2) is 46.5 Å². The first kappa shape index (κ1) is 15.5. The van der Waals surface area contributed by atoms with Crippen molar-refractivity contribution in [2.24, 2.45) is 0 Å². The number of hydrogen-bond acceptors (Lipinski definition) is 4. The predicted molar refractivity (Wildman–Crippen MR) is 67.5 cm³/mol. The minimum Gasteiger partial charge on any atom is -0.479 e. The van der Waals surface area contributed by atoms with Crippen LogP contribution in [-0.2, 0) is 19.1 Å². The highest BCUT2D eigenvalue weighted by Crippen LogP contribution is 2.33. The number of carbonyl (C=O) groups is 3. The van der Waals surface area contributed by atoms with Crippen LogP contribution in [0.3, 0.4) is 0 Å². The molecule has 6 heteroatoms. The topological polar surface area (TPSA) is 83.9 Å². The van der Waals surface area contributed by atoms with Crippen LogP contribution in [0, 0.1) is 0 Å². The highest BCUT2D eigenvalue weighted by molar-refractivity contribution is 5.89. The molecule has 1 rings (SSSR count). The Morgan fingerprint density at radius 2 is 1.95 bits per heavy atom. The second kappa shape index (κ2) is 6.54. The predicted octanol–water partition coefficient (Wildman–Crippen LogP) is 1.19. The molecule has 1 aliphatic rings. The van der Waals surface area contributed by atoms with Gasteiger partial charge in [0.1, 0.15) is 5.54 Å². The third-order valence-electron chi connectivity index (χ3n) is 3.62. The lowest BCUT2D eigenvalue weighted by atomic mass is 9.92. The van der Waals surface area contributed by atoms with Gasteiger partial charge in [-0.05, 0) is 26.2 Å². The van der Waals surface area contributed by atoms with Crippen molar-refractivity contribution in [1.29, 1.82) is 0 Å². The van der Waals surface area contributed by atoms with Crippen LogP contribution in [0.2, 0.25) is 0 Å². The maximum Gasteiger partial charge on any atom is 0.329 e. The number of aliphatic carboxylic acids is 1. The molecule has 1 N–H and O–H groups in total. The zero-order valence-corrected chi connectivity index (χ0v) is 11.5. The molecular formula is C13H21NO5. The van der Waals surface area contributed by atoms with Crippen LogP contribution in [0.25, 0.3) is 0 Å². The standard InChI is InChI=1S/C13H21NO5/c1-3-13(12(17)18)8-5-9-14(13)10(15)6-7-11(16)19-4-2/h3-9H2,1-2H3,(H,17,18). The third-order valence-corrected chi connectivity index (χ3v) is 3.62. The molecule has 0 aromatic heterocycles. The Hall–Kier alpha value is -1.59. The molecule has 0 radical (unpaired) electrons. The molecule has 1 amide bonds. The van der Waals surface area contributed by atoms with Gasteiger partial charge in [0.05, 0.1) is 13.0 Å². The second-order valence-electron chi connectivity index (χ2n) is 4.64. The summed E-state index contributed by atoms with van der Waals surface area (Å²) in [6.07, 6.45) is 1.55. The van der Waals surface area contributed by atoms with E-state index in [0.717, 1.165) is 0 Å². The Morgan fingerprint density at radius 1 is 1.26 bits per heavy atom. The van der Waals surface area contributed by atoms with Gasteiger partial charge in [-0.2, -0.15) is 0 Å². The summed E-state index contributed by atoms with van der Waals surface area (Å²) in [5.41, 5.74) is -1.09. The number of carboxylic acids is 1. The number of ether oxygens (including phenoxy) is 1. The molecule has 1 atom stereocenters. The number of nitrogens with zero attached hydrogens (tertiary/aromatic N) is 1. The summed E-state index contributed by atoms with van der Waals surface area (Å²) >= 11 is 0. The monoisotopic (exact) mass is 271 g/mol. The molecule has 1 aliphatic heterocycles. The summed E-state index contributed by atoms with van der Waals surface area (Å²) in [5.74, 6) is -1.67. The van der Waals surface area contributed by atoms with Crippen molar-refractivity contribution < 1.29 is 24.2 Å². The number of esters is 1. The summed E-state index contributed by atoms with van der Waals surface area (Å²) in [6, 6.07) is 0. The van der Waals surface area contributed by atoms with Gasteiger partial charge in [0, 0.05) is 13.0 Å². The normalized spacial score (nSPS) is 22.3. The van der Waals surface area contributed by atoms with Crippen molar-refractivity contribution >= 4 is 17.8 Å². The summed E-state index contributed by atoms with van der Waals surface area (Å²) in [4.78, 5) is 36.1. The summed E-state index contributed by atoms with van der Waals surface area (Å²) in [5, 5.41) is 9.36. The highest BCUT2D eigenvalue weighted by atomic mass is 16.5. The summed E-state index contributed by atoms with van der Waals surface area (Å²) in [6.45, 7) is 4.20. The van der Waals surface area contributed by atoms with E-state index in [1.165, 1.54) is 4.90 Å². The van der Waals surface area contributed by atoms with E-state index in [9.17, 15) is 19.5 Å². The lowest BCUT2D eigenvalue weighted by molar-refractivity contribution is -0.157. The van der Waals surface area contributed by atoms with Crippen LogP contribution in [0.15, 0.2) is 0 Å². The van der Waals surface area contributed by atoms with Gasteiger partial charge in [0.15, 0.2) is 0 Å². The fourth-order valence-corrected chi connectivity index (χ4v) is 2.56. The van der Waals surface area contributed by atoms with E-state index in [-0.39, 0.29) is 25.4 Å². The fourth-order valence-electron chi connectivity index (χ4n) is 2.56. The number of rotatable bonds is 6. The van der Waals surface area contributed by atoms with Gasteiger partial charge in [-0.3, -0.25) is 9.59 Å². The number of carboxylic acid groups (broad SMARTS) is 1. The van der Waals surface area contributed by atoms with Crippen LogP contribution in [0.1, 0.15) is 46.0 Å². The smallest absolute Gasteiger partial charge is 0.329 e. The average molecular weight is 271 g/mol. The van der Waals surface area contributed by atoms with E-state index >= 15 is 0 Å². The molecule has 0 aromatic rings. The molecule has 19 heavy (non-hydrogen) atoms. The number of likely N-dealkylation sites (tertiary alicyclic amines) is 1. The molecule has 0 saturated carbocycles. The molecule has 0 aliphatic carbocycles. The Bertz CT molecular complexity index is 368. The molecular weight excluding hydrogens is 250 g/mol. The largest absolute Gasteiger partial charge is 0.479 e. The second-order valence-corrected chi connectivity index (χ2v) is 4.64. The highest BCUT2D eigenvalue weighted by Gasteiger charge is 2.48. The molecule has 6 nitrogen and oxygen atoms in total. The van der Waals surface area contributed by atoms with Gasteiger partial charge in [-0.1, -0.05) is 6.92 Å². The zero-order valence-electron chi connectivity index (χ0n) is 11.5. The first-order chi connectivity index (χ1) is 8.97. The average Bonchev–Trinajstić information content (AvgIpc) is 2.81. The Morgan fingerprint density at radius 3 is 2.47 bits per heavy atom. The summed E-state index contributed by atoms with van der Waals surface area (Å²) < 4.78 is 4.75. The maximum absolute atomic E-state index is 12.1. The molecule has 1 fully saturated rings. The van der Waals surface area contributed by atoms with Gasteiger partial charge in [0.25, 0.3) is 0 Å². The van der Waals surface area contributed by atoms with Crippen LogP contribution < -0.4 is 0 Å². The Balaban J connectivity index is 2.65. The van der Waals surface area contributed by atoms with Crippen molar-refractivity contribution in [3.05, 3.63) is 0 Å². The van der Waals surface area contributed by atoms with Crippen LogP contribution in [0.5, 0.6) is 0 Å². The first-order valence-electron chi connectivity index (χ1n) is 6.67. The molecule has 0 spiro atoms. The molecule has 1 saturated heterocycles. The van der Waals surface area contributed by atoms with E-state index in [1.807, 2.05) is 0 Å². The van der Waals surface area contributed by atoms with Crippen LogP contribution in [0.4, 0.5) is 0 Å². The SMILES string of the molecule is CCOC(=O)CCC(=O)N1CCCC1(CC)C(=O)O. The molecule has 0 aromatic carbocycles. The number of amides is 1. The fraction of sp³-hybridized carbons (Fsp3) is 0.769. The Kier molecular flexibility index (Phi) is 5.32. The number of carbonyl (C=O) groups excluding carboxylic acids is 2. The van der Waals surface area contributed by atoms with Crippen molar-refractivity contribution in [3.8, 4) is 0 Å². The van der Waals surface area contributed by atoms with Crippen molar-refractivity contribution in [3.63, 3.8) is 0 Å². The van der Waals surface area contributed by atoms with E-state index in [2.05, 4.69) is 0 Å². The van der Waals surface area contributed by atoms with Crippen molar-refractivity contribution in [2.45, 2.75) is 51.5 Å². The molecule has 0 bridgehead atoms. The van der Waals surface area contributed by atoms with Gasteiger partial charge in [0.2, 0.25) is 5.91 Å². The number of hydrogen-bond donors (Lipinski definition) is 1. The van der Waals surface area contributed by atoms with E-state index < -0.39 is 17.5 Å².